The molecule has 0 spiro atoms. The Morgan fingerprint density at radius 3 is 2.68 bits per heavy atom. The molecule has 4 nitrogen and oxygen atoms in total. The number of nitrogens with zero attached hydrogens (tertiary/aromatic N) is 3. The van der Waals surface area contributed by atoms with Crippen molar-refractivity contribution < 1.29 is 0 Å². The topological polar surface area (TPSA) is 42.2 Å². The van der Waals surface area contributed by atoms with Crippen LogP contribution in [0.2, 0.25) is 5.02 Å². The Bertz CT molecular complexity index is 1080. The van der Waals surface area contributed by atoms with Crippen molar-refractivity contribution in [2.24, 2.45) is 0 Å². The first-order valence-electron chi connectivity index (χ1n) is 7.97. The van der Waals surface area contributed by atoms with E-state index in [1.54, 1.807) is 23.7 Å². The average Bonchev–Trinajstić information content (AvgIpc) is 3.07. The molecule has 6 heteroatoms. The minimum atomic E-state index is 0.593. The highest BCUT2D eigenvalue weighted by molar-refractivity contribution is 7.17. The highest BCUT2D eigenvalue weighted by atomic mass is 35.5. The van der Waals surface area contributed by atoms with Gasteiger partial charge in [-0.05, 0) is 38.5 Å². The summed E-state index contributed by atoms with van der Waals surface area (Å²) in [5, 5.41) is 4.16. The molecule has 1 aromatic carbocycles. The number of hydrogen-bond donors (Lipinski definition) is 1. The van der Waals surface area contributed by atoms with Crippen molar-refractivity contribution in [3.8, 4) is 11.3 Å². The SMILES string of the molecule is Cc1ccccc1Nc1c(-c2ccncc2Cl)nc2sc(C)c(C)n12. The van der Waals surface area contributed by atoms with Gasteiger partial charge in [0.05, 0.1) is 5.02 Å². The number of hydrogen-bond acceptors (Lipinski definition) is 4. The van der Waals surface area contributed by atoms with Crippen LogP contribution in [-0.2, 0) is 0 Å². The molecule has 3 heterocycles. The number of para-hydroxylation sites is 1. The van der Waals surface area contributed by atoms with Crippen molar-refractivity contribution in [3.63, 3.8) is 0 Å². The van der Waals surface area contributed by atoms with Gasteiger partial charge in [0.1, 0.15) is 11.5 Å². The van der Waals surface area contributed by atoms with Crippen molar-refractivity contribution >= 4 is 39.4 Å². The predicted molar refractivity (Wildman–Crippen MR) is 105 cm³/mol. The number of benzene rings is 1. The van der Waals surface area contributed by atoms with Gasteiger partial charge >= 0.3 is 0 Å². The van der Waals surface area contributed by atoms with Crippen LogP contribution in [0.15, 0.2) is 42.7 Å². The van der Waals surface area contributed by atoms with Crippen molar-refractivity contribution in [2.75, 3.05) is 5.32 Å². The summed E-state index contributed by atoms with van der Waals surface area (Å²) in [6.07, 6.45) is 3.39. The number of nitrogens with one attached hydrogen (secondary N) is 1. The Hall–Kier alpha value is -2.37. The van der Waals surface area contributed by atoms with E-state index in [1.807, 2.05) is 18.2 Å². The number of pyridine rings is 1. The van der Waals surface area contributed by atoms with Gasteiger partial charge in [0.25, 0.3) is 0 Å². The van der Waals surface area contributed by atoms with Gasteiger partial charge in [0, 0.05) is 34.2 Å². The summed E-state index contributed by atoms with van der Waals surface area (Å²) < 4.78 is 2.17. The maximum absolute atomic E-state index is 6.39. The molecular formula is C19H17ClN4S. The fraction of sp³-hybridized carbons (Fsp3) is 0.158. The van der Waals surface area contributed by atoms with Gasteiger partial charge < -0.3 is 5.32 Å². The zero-order valence-electron chi connectivity index (χ0n) is 14.2. The molecule has 0 bridgehead atoms. The molecule has 126 valence electrons. The van der Waals surface area contributed by atoms with Gasteiger partial charge in [0.2, 0.25) is 0 Å². The van der Waals surface area contributed by atoms with E-state index in [1.165, 1.54) is 16.1 Å². The van der Waals surface area contributed by atoms with Crippen LogP contribution in [0.5, 0.6) is 0 Å². The number of aryl methyl sites for hydroxylation is 3. The third-order valence-electron chi connectivity index (χ3n) is 4.36. The summed E-state index contributed by atoms with van der Waals surface area (Å²) in [6.45, 7) is 6.32. The van der Waals surface area contributed by atoms with Gasteiger partial charge in [-0.15, -0.1) is 11.3 Å². The molecule has 25 heavy (non-hydrogen) atoms. The summed E-state index contributed by atoms with van der Waals surface area (Å²) in [6, 6.07) is 10.1. The predicted octanol–water partition coefficient (Wildman–Crippen LogP) is 5.78. The third-order valence-corrected chi connectivity index (χ3v) is 5.72. The Morgan fingerprint density at radius 2 is 1.92 bits per heavy atom. The molecule has 0 aliphatic rings. The summed E-state index contributed by atoms with van der Waals surface area (Å²) >= 11 is 8.08. The molecule has 0 aliphatic carbocycles. The average molecular weight is 369 g/mol. The highest BCUT2D eigenvalue weighted by Gasteiger charge is 2.20. The van der Waals surface area contributed by atoms with Crippen LogP contribution >= 0.6 is 22.9 Å². The van der Waals surface area contributed by atoms with Crippen molar-refractivity contribution in [3.05, 3.63) is 63.9 Å². The molecule has 3 aromatic heterocycles. The molecule has 0 aliphatic heterocycles. The summed E-state index contributed by atoms with van der Waals surface area (Å²) in [5.74, 6) is 0.930. The standard InChI is InChI=1S/C19H17ClN4S/c1-11-6-4-5-7-16(11)22-18-17(14-8-9-21-10-15(14)20)23-19-24(18)12(2)13(3)25-19/h4-10,22H,1-3H3. The highest BCUT2D eigenvalue weighted by Crippen LogP contribution is 2.38. The Labute approximate surface area is 155 Å². The van der Waals surface area contributed by atoms with Gasteiger partial charge in [-0.3, -0.25) is 9.38 Å². The van der Waals surface area contributed by atoms with Gasteiger partial charge in [-0.1, -0.05) is 29.8 Å². The maximum atomic E-state index is 6.39. The van der Waals surface area contributed by atoms with Crippen molar-refractivity contribution in [1.29, 1.82) is 0 Å². The number of fused-ring (bicyclic) bond motifs is 1. The molecular weight excluding hydrogens is 352 g/mol. The molecule has 0 saturated carbocycles. The lowest BCUT2D eigenvalue weighted by atomic mass is 10.1. The van der Waals surface area contributed by atoms with Crippen LogP contribution in [0, 0.1) is 20.8 Å². The molecule has 0 fully saturated rings. The molecule has 0 radical (unpaired) electrons. The Balaban J connectivity index is 1.98. The second kappa shape index (κ2) is 6.17. The van der Waals surface area contributed by atoms with Crippen LogP contribution in [0.25, 0.3) is 16.2 Å². The largest absolute Gasteiger partial charge is 0.339 e. The van der Waals surface area contributed by atoms with E-state index in [-0.39, 0.29) is 0 Å². The second-order valence-electron chi connectivity index (χ2n) is 5.97. The van der Waals surface area contributed by atoms with E-state index >= 15 is 0 Å². The number of imidazole rings is 1. The van der Waals surface area contributed by atoms with Crippen LogP contribution in [-0.4, -0.2) is 14.4 Å². The number of anilines is 2. The van der Waals surface area contributed by atoms with E-state index in [9.17, 15) is 0 Å². The normalized spacial score (nSPS) is 11.2. The lowest BCUT2D eigenvalue weighted by Crippen LogP contribution is -2.00. The Kier molecular flexibility index (Phi) is 3.98. The summed E-state index contributed by atoms with van der Waals surface area (Å²) in [5.41, 5.74) is 5.12. The second-order valence-corrected chi connectivity index (χ2v) is 7.55. The van der Waals surface area contributed by atoms with E-state index in [0.29, 0.717) is 5.02 Å². The molecule has 4 aromatic rings. The molecule has 0 amide bonds. The number of thiazole rings is 1. The first-order chi connectivity index (χ1) is 12.1. The first kappa shape index (κ1) is 16.1. The van der Waals surface area contributed by atoms with Crippen LogP contribution in [0.1, 0.15) is 16.1 Å². The van der Waals surface area contributed by atoms with Gasteiger partial charge in [-0.2, -0.15) is 0 Å². The van der Waals surface area contributed by atoms with E-state index in [4.69, 9.17) is 16.6 Å². The summed E-state index contributed by atoms with van der Waals surface area (Å²) in [4.78, 5) is 11.2. The molecule has 1 N–H and O–H groups in total. The van der Waals surface area contributed by atoms with Crippen LogP contribution in [0.4, 0.5) is 11.5 Å². The zero-order valence-corrected chi connectivity index (χ0v) is 15.7. The lowest BCUT2D eigenvalue weighted by molar-refractivity contribution is 1.11. The number of aromatic nitrogens is 3. The molecule has 0 saturated heterocycles. The maximum Gasteiger partial charge on any atom is 0.196 e. The van der Waals surface area contributed by atoms with Crippen molar-refractivity contribution in [2.45, 2.75) is 20.8 Å². The lowest BCUT2D eigenvalue weighted by Gasteiger charge is -2.12. The molecule has 4 rings (SSSR count). The fourth-order valence-corrected chi connectivity index (χ4v) is 4.04. The van der Waals surface area contributed by atoms with Gasteiger partial charge in [0.15, 0.2) is 4.96 Å². The third kappa shape index (κ3) is 2.69. The van der Waals surface area contributed by atoms with Gasteiger partial charge in [-0.25, -0.2) is 4.98 Å². The fourth-order valence-electron chi connectivity index (χ4n) is 2.86. The van der Waals surface area contributed by atoms with E-state index in [0.717, 1.165) is 27.7 Å². The monoisotopic (exact) mass is 368 g/mol. The molecule has 0 atom stereocenters. The van der Waals surface area contributed by atoms with Crippen molar-refractivity contribution in [1.82, 2.24) is 14.4 Å². The number of halogens is 1. The van der Waals surface area contributed by atoms with Crippen LogP contribution < -0.4 is 5.32 Å². The molecule has 0 unspecified atom stereocenters. The van der Waals surface area contributed by atoms with Crippen LogP contribution in [0.3, 0.4) is 0 Å². The first-order valence-corrected chi connectivity index (χ1v) is 9.16. The number of rotatable bonds is 3. The smallest absolute Gasteiger partial charge is 0.196 e. The minimum Gasteiger partial charge on any atom is -0.339 e. The zero-order chi connectivity index (χ0) is 17.6. The van der Waals surface area contributed by atoms with E-state index < -0.39 is 0 Å². The summed E-state index contributed by atoms with van der Waals surface area (Å²) in [7, 11) is 0. The van der Waals surface area contributed by atoms with E-state index in [2.05, 4.69) is 47.6 Å². The Morgan fingerprint density at radius 1 is 1.12 bits per heavy atom. The minimum absolute atomic E-state index is 0.593. The quantitative estimate of drug-likeness (QED) is 0.498.